The molecule has 2 nitrogen and oxygen atoms in total. The highest BCUT2D eigenvalue weighted by atomic mass is 16.5. The molecule has 1 heterocycles. The van der Waals surface area contributed by atoms with Gasteiger partial charge in [-0.2, -0.15) is 0 Å². The van der Waals surface area contributed by atoms with E-state index in [2.05, 4.69) is 0 Å². The summed E-state index contributed by atoms with van der Waals surface area (Å²) < 4.78 is 4.96. The number of hydrogen-bond acceptors (Lipinski definition) is 2. The zero-order valence-electron chi connectivity index (χ0n) is 6.29. The molecule has 1 rings (SSSR count). The van der Waals surface area contributed by atoms with Crippen molar-refractivity contribution in [1.82, 2.24) is 0 Å². The number of rotatable bonds is 0. The Bertz CT molecular complexity index is 145. The average molecular weight is 140 g/mol. The van der Waals surface area contributed by atoms with Gasteiger partial charge in [0, 0.05) is 6.04 Å². The summed E-state index contributed by atoms with van der Waals surface area (Å²) in [6, 6.07) is -0.200. The van der Waals surface area contributed by atoms with Crippen molar-refractivity contribution in [1.29, 1.82) is 0 Å². The first-order valence-corrected chi connectivity index (χ1v) is 3.42. The van der Waals surface area contributed by atoms with E-state index in [0.29, 0.717) is 12.8 Å². The Kier molecular flexibility index (Phi) is 2.19. The van der Waals surface area contributed by atoms with Crippen LogP contribution >= 0.6 is 0 Å². The van der Waals surface area contributed by atoms with Gasteiger partial charge < -0.3 is 10.5 Å². The maximum Gasteiger partial charge on any atom is 0.0993 e. The van der Waals surface area contributed by atoms with Crippen LogP contribution in [0.15, 0.2) is 0 Å². The molecule has 0 unspecified atom stereocenters. The molecule has 0 atom stereocenters. The van der Waals surface area contributed by atoms with Crippen LogP contribution in [-0.2, 0) is 4.74 Å². The molecule has 6 heteroatoms. The fraction of sp³-hybridized carbons (Fsp3) is 1.00. The van der Waals surface area contributed by atoms with Gasteiger partial charge in [-0.25, -0.2) is 0 Å². The molecule has 0 aromatic heterocycles. The van der Waals surface area contributed by atoms with E-state index < -0.39 is 10.8 Å². The molecule has 0 saturated carbocycles. The van der Waals surface area contributed by atoms with Crippen LogP contribution in [0.25, 0.3) is 0 Å². The lowest BCUT2D eigenvalue weighted by atomic mass is 9.53. The second kappa shape index (κ2) is 2.60. The van der Waals surface area contributed by atoms with Gasteiger partial charge in [-0.05, 0) is 23.6 Å². The summed E-state index contributed by atoms with van der Waals surface area (Å²) in [5, 5.41) is -2.58. The molecule has 50 valence electrons. The van der Waals surface area contributed by atoms with Crippen molar-refractivity contribution < 1.29 is 4.74 Å². The smallest absolute Gasteiger partial charge is 0.0993 e. The van der Waals surface area contributed by atoms with Crippen molar-refractivity contribution in [3.63, 3.8) is 0 Å². The van der Waals surface area contributed by atoms with E-state index in [1.165, 1.54) is 0 Å². The summed E-state index contributed by atoms with van der Waals surface area (Å²) in [4.78, 5) is 0. The molecule has 0 aromatic carbocycles. The Morgan fingerprint density at radius 3 is 1.73 bits per heavy atom. The van der Waals surface area contributed by atoms with Gasteiger partial charge in [-0.3, -0.25) is 0 Å². The number of hydrogen-bond donors (Lipinski definition) is 1. The monoisotopic (exact) mass is 141 g/mol. The standard InChI is InChI=1S/C5H7B4NO/c6-4(7)1-3(10)2-5(8,9)11-4/h3H,1-2,10H2. The zero-order valence-corrected chi connectivity index (χ0v) is 6.29. The highest BCUT2D eigenvalue weighted by Gasteiger charge is 2.35. The summed E-state index contributed by atoms with van der Waals surface area (Å²) in [5.41, 5.74) is 5.59. The first-order valence-electron chi connectivity index (χ1n) is 3.42. The van der Waals surface area contributed by atoms with E-state index in [4.69, 9.17) is 41.9 Å². The molecule has 1 aliphatic heterocycles. The van der Waals surface area contributed by atoms with E-state index >= 15 is 0 Å². The Morgan fingerprint density at radius 2 is 1.45 bits per heavy atom. The van der Waals surface area contributed by atoms with Gasteiger partial charge in [-0.1, -0.05) is 0 Å². The van der Waals surface area contributed by atoms with Gasteiger partial charge in [0.1, 0.15) is 0 Å². The molecule has 0 amide bonds. The van der Waals surface area contributed by atoms with Crippen molar-refractivity contribution in [2.45, 2.75) is 29.7 Å². The fourth-order valence-corrected chi connectivity index (χ4v) is 1.33. The SMILES string of the molecule is [B]C1([B])CC(N)CC([B])([B])O1. The highest BCUT2D eigenvalue weighted by Crippen LogP contribution is 2.26. The first kappa shape index (κ1) is 9.27. The summed E-state index contributed by atoms with van der Waals surface area (Å²) >= 11 is 0. The lowest BCUT2D eigenvalue weighted by molar-refractivity contribution is -0.0214. The quantitative estimate of drug-likeness (QED) is 0.399. The molecule has 0 spiro atoms. The average Bonchev–Trinajstić information content (AvgIpc) is 1.49. The van der Waals surface area contributed by atoms with Crippen molar-refractivity contribution in [3.8, 4) is 0 Å². The van der Waals surface area contributed by atoms with Crippen molar-refractivity contribution in [2.24, 2.45) is 5.73 Å². The fourth-order valence-electron chi connectivity index (χ4n) is 1.33. The summed E-state index contributed by atoms with van der Waals surface area (Å²) in [7, 11) is 21.8. The van der Waals surface area contributed by atoms with E-state index in [-0.39, 0.29) is 6.04 Å². The van der Waals surface area contributed by atoms with Gasteiger partial charge in [-0.15, -0.1) is 0 Å². The lowest BCUT2D eigenvalue weighted by Crippen LogP contribution is -2.57. The van der Waals surface area contributed by atoms with E-state index in [1.54, 1.807) is 0 Å². The van der Waals surface area contributed by atoms with Crippen LogP contribution in [-0.4, -0.2) is 48.2 Å². The predicted molar refractivity (Wildman–Crippen MR) is 46.8 cm³/mol. The Morgan fingerprint density at radius 1 is 1.09 bits per heavy atom. The minimum Gasteiger partial charge on any atom is -0.407 e. The van der Waals surface area contributed by atoms with Gasteiger partial charge in [0.15, 0.2) is 0 Å². The van der Waals surface area contributed by atoms with E-state index in [9.17, 15) is 0 Å². The second-order valence-corrected chi connectivity index (χ2v) is 3.18. The molecule has 2 N–H and O–H groups in total. The lowest BCUT2D eigenvalue weighted by Gasteiger charge is -2.46. The molecule has 8 radical (unpaired) electrons. The third-order valence-corrected chi connectivity index (χ3v) is 1.54. The summed E-state index contributed by atoms with van der Waals surface area (Å²) in [6.45, 7) is 0. The third kappa shape index (κ3) is 2.60. The molecule has 0 bridgehead atoms. The maximum atomic E-state index is 5.59. The third-order valence-electron chi connectivity index (χ3n) is 1.54. The largest absolute Gasteiger partial charge is 0.407 e. The minimum absolute atomic E-state index is 0.200. The van der Waals surface area contributed by atoms with E-state index in [0.717, 1.165) is 0 Å². The molecular weight excluding hydrogens is 133 g/mol. The van der Waals surface area contributed by atoms with Crippen molar-refractivity contribution >= 4 is 31.4 Å². The van der Waals surface area contributed by atoms with Gasteiger partial charge >= 0.3 is 0 Å². The maximum absolute atomic E-state index is 5.59. The van der Waals surface area contributed by atoms with Crippen LogP contribution < -0.4 is 5.73 Å². The van der Waals surface area contributed by atoms with Crippen LogP contribution in [0.3, 0.4) is 0 Å². The Hall–Kier alpha value is 0.180. The molecular formula is C5H7B4NO. The van der Waals surface area contributed by atoms with Crippen LogP contribution in [0.2, 0.25) is 0 Å². The molecule has 0 aliphatic carbocycles. The Labute approximate surface area is 72.3 Å². The van der Waals surface area contributed by atoms with E-state index in [1.807, 2.05) is 0 Å². The zero-order chi connectivity index (χ0) is 8.70. The number of nitrogens with two attached hydrogens (primary N) is 1. The topological polar surface area (TPSA) is 35.2 Å². The van der Waals surface area contributed by atoms with Crippen molar-refractivity contribution in [2.75, 3.05) is 0 Å². The number of ether oxygens (including phenoxy) is 1. The van der Waals surface area contributed by atoms with Gasteiger partial charge in [0.05, 0.1) is 31.4 Å². The normalized spacial score (nSPS) is 29.9. The highest BCUT2D eigenvalue weighted by molar-refractivity contribution is 6.42. The van der Waals surface area contributed by atoms with Crippen LogP contribution in [0, 0.1) is 0 Å². The van der Waals surface area contributed by atoms with Crippen LogP contribution in [0.1, 0.15) is 12.8 Å². The second-order valence-electron chi connectivity index (χ2n) is 3.18. The first-order chi connectivity index (χ1) is 4.81. The predicted octanol–water partition coefficient (Wildman–Crippen LogP) is -1.89. The van der Waals surface area contributed by atoms with Crippen LogP contribution in [0.5, 0.6) is 0 Å². The van der Waals surface area contributed by atoms with Gasteiger partial charge in [0.25, 0.3) is 0 Å². The molecule has 1 aliphatic rings. The minimum atomic E-state index is -1.29. The molecule has 0 aromatic rings. The Balaban J connectivity index is 2.66. The molecule has 11 heavy (non-hydrogen) atoms. The summed E-state index contributed by atoms with van der Waals surface area (Å²) in [5.74, 6) is 0. The van der Waals surface area contributed by atoms with Crippen molar-refractivity contribution in [3.05, 3.63) is 0 Å². The van der Waals surface area contributed by atoms with Gasteiger partial charge in [0.2, 0.25) is 0 Å². The van der Waals surface area contributed by atoms with Crippen LogP contribution in [0.4, 0.5) is 0 Å². The molecule has 1 fully saturated rings. The molecule has 1 saturated heterocycles. The summed E-state index contributed by atoms with van der Waals surface area (Å²) in [6.07, 6.45) is 0.728.